The molecule has 10 heteroatoms. The number of primary amides is 1. The van der Waals surface area contributed by atoms with Crippen LogP contribution in [-0.2, 0) is 22.9 Å². The van der Waals surface area contributed by atoms with Crippen LogP contribution in [-0.4, -0.2) is 33.9 Å². The van der Waals surface area contributed by atoms with Crippen molar-refractivity contribution >= 4 is 15.9 Å². The largest absolute Gasteiger partial charge is 0.364 e. The lowest BCUT2D eigenvalue weighted by Gasteiger charge is -2.17. The highest BCUT2D eigenvalue weighted by Crippen LogP contribution is 2.37. The van der Waals surface area contributed by atoms with Gasteiger partial charge in [-0.1, -0.05) is 18.2 Å². The summed E-state index contributed by atoms with van der Waals surface area (Å²) in [5, 5.41) is 14.2. The predicted octanol–water partition coefficient (Wildman–Crippen LogP) is 1.57. The molecule has 0 saturated heterocycles. The maximum atomic E-state index is 12.1. The molecule has 4 aromatic rings. The van der Waals surface area contributed by atoms with Crippen LogP contribution in [0, 0.1) is 0 Å². The third-order valence-electron chi connectivity index (χ3n) is 5.36. The number of nitrogens with zero attached hydrogens (tertiary/aromatic N) is 4. The normalized spacial score (nSPS) is 12.9. The highest BCUT2D eigenvalue weighted by atomic mass is 32.2. The molecular weight excluding hydrogens is 416 g/mol. The van der Waals surface area contributed by atoms with Crippen molar-refractivity contribution in [3.8, 4) is 22.6 Å². The molecule has 0 fully saturated rings. The van der Waals surface area contributed by atoms with Gasteiger partial charge in [-0.25, -0.2) is 22.9 Å². The number of nitrogens with two attached hydrogens (primary N) is 2. The summed E-state index contributed by atoms with van der Waals surface area (Å²) in [4.78, 5) is 12.1. The van der Waals surface area contributed by atoms with Crippen molar-refractivity contribution in [3.05, 3.63) is 77.7 Å². The Morgan fingerprint density at radius 3 is 2.26 bits per heavy atom. The number of hydrogen-bond acceptors (Lipinski definition) is 5. The Bertz CT molecular complexity index is 1420. The quantitative estimate of drug-likeness (QED) is 0.502. The molecule has 0 atom stereocenters. The number of carbonyl (C=O) groups excluding carboxylic acids is 1. The molecule has 2 heterocycles. The predicted molar refractivity (Wildman–Crippen MR) is 113 cm³/mol. The van der Waals surface area contributed by atoms with Gasteiger partial charge in [0.25, 0.3) is 5.91 Å². The lowest BCUT2D eigenvalue weighted by molar-refractivity contribution is 0.0994. The minimum atomic E-state index is -3.82. The summed E-state index contributed by atoms with van der Waals surface area (Å²) < 4.78 is 26.7. The van der Waals surface area contributed by atoms with Gasteiger partial charge in [0.05, 0.1) is 33.9 Å². The number of carbonyl (C=O) groups is 1. The molecule has 5 rings (SSSR count). The summed E-state index contributed by atoms with van der Waals surface area (Å²) in [6.45, 7) is 0. The number of amides is 1. The molecule has 1 aliphatic carbocycles. The first-order valence-electron chi connectivity index (χ1n) is 9.52. The van der Waals surface area contributed by atoms with Gasteiger partial charge in [-0.3, -0.25) is 4.79 Å². The highest BCUT2D eigenvalue weighted by Gasteiger charge is 2.30. The van der Waals surface area contributed by atoms with Gasteiger partial charge in [0.2, 0.25) is 10.0 Å². The number of benzene rings is 2. The molecule has 0 aliphatic heterocycles. The van der Waals surface area contributed by atoms with E-state index in [4.69, 9.17) is 10.9 Å². The Kier molecular flexibility index (Phi) is 4.27. The smallest absolute Gasteiger partial charge is 0.269 e. The zero-order valence-corrected chi connectivity index (χ0v) is 17.1. The van der Waals surface area contributed by atoms with Crippen molar-refractivity contribution in [2.45, 2.75) is 17.7 Å². The minimum Gasteiger partial charge on any atom is -0.364 e. The van der Waals surface area contributed by atoms with Crippen molar-refractivity contribution < 1.29 is 13.2 Å². The van der Waals surface area contributed by atoms with Gasteiger partial charge in [0, 0.05) is 11.1 Å². The topological polar surface area (TPSA) is 139 Å². The van der Waals surface area contributed by atoms with Gasteiger partial charge in [-0.2, -0.15) is 10.2 Å². The van der Waals surface area contributed by atoms with Gasteiger partial charge in [0.15, 0.2) is 5.69 Å². The fraction of sp³-hybridized carbons (Fsp3) is 0.0952. The molecule has 9 nitrogen and oxygen atoms in total. The SMILES string of the molecule is NC(=O)c1nn(-c2ccc(S(N)(=O)=O)cc2)c2c1CCc1c-2cnn1-c1ccccc1. The van der Waals surface area contributed by atoms with E-state index in [1.165, 1.54) is 12.1 Å². The molecule has 4 N–H and O–H groups in total. The first-order valence-corrected chi connectivity index (χ1v) is 11.1. The Balaban J connectivity index is 1.70. The van der Waals surface area contributed by atoms with Crippen LogP contribution in [0.25, 0.3) is 22.6 Å². The molecule has 31 heavy (non-hydrogen) atoms. The third-order valence-corrected chi connectivity index (χ3v) is 6.29. The Morgan fingerprint density at radius 2 is 1.61 bits per heavy atom. The van der Waals surface area contributed by atoms with Gasteiger partial charge < -0.3 is 5.73 Å². The fourth-order valence-corrected chi connectivity index (χ4v) is 4.49. The summed E-state index contributed by atoms with van der Waals surface area (Å²) in [6, 6.07) is 15.8. The van der Waals surface area contributed by atoms with E-state index in [2.05, 4.69) is 10.2 Å². The monoisotopic (exact) mass is 434 g/mol. The lowest BCUT2D eigenvalue weighted by Crippen LogP contribution is -2.16. The number of aromatic nitrogens is 4. The van der Waals surface area contributed by atoms with Crippen molar-refractivity contribution in [1.82, 2.24) is 19.6 Å². The van der Waals surface area contributed by atoms with Crippen LogP contribution in [0.4, 0.5) is 0 Å². The highest BCUT2D eigenvalue weighted by molar-refractivity contribution is 7.89. The molecule has 2 aromatic heterocycles. The second-order valence-corrected chi connectivity index (χ2v) is 8.80. The molecule has 2 aromatic carbocycles. The van der Waals surface area contributed by atoms with Gasteiger partial charge in [-0.15, -0.1) is 0 Å². The second-order valence-electron chi connectivity index (χ2n) is 7.24. The maximum absolute atomic E-state index is 12.1. The van der Waals surface area contributed by atoms with Gasteiger partial charge in [-0.05, 0) is 49.2 Å². The summed E-state index contributed by atoms with van der Waals surface area (Å²) >= 11 is 0. The van der Waals surface area contributed by atoms with Crippen LogP contribution in [0.2, 0.25) is 0 Å². The standard InChI is InChI=1S/C21H18N6O3S/c22-21(28)19-16-10-11-18-17(12-24-26(18)13-4-2-1-3-5-13)20(16)27(25-19)14-6-8-15(9-7-14)31(23,29)30/h1-9,12H,10-11H2,(H2,22,28)(H2,23,29,30). The van der Waals surface area contributed by atoms with Crippen molar-refractivity contribution in [2.24, 2.45) is 10.9 Å². The molecule has 0 spiro atoms. The Morgan fingerprint density at radius 1 is 0.935 bits per heavy atom. The molecule has 0 bridgehead atoms. The zero-order chi connectivity index (χ0) is 21.8. The van der Waals surface area contributed by atoms with Crippen molar-refractivity contribution in [1.29, 1.82) is 0 Å². The number of para-hydroxylation sites is 1. The van der Waals surface area contributed by atoms with Crippen LogP contribution in [0.3, 0.4) is 0 Å². The lowest BCUT2D eigenvalue weighted by atomic mass is 9.93. The first kappa shape index (κ1) is 19.2. The van der Waals surface area contributed by atoms with Crippen molar-refractivity contribution in [2.75, 3.05) is 0 Å². The fourth-order valence-electron chi connectivity index (χ4n) is 3.97. The number of sulfonamides is 1. The van der Waals surface area contributed by atoms with Crippen molar-refractivity contribution in [3.63, 3.8) is 0 Å². The van der Waals surface area contributed by atoms with Crippen LogP contribution >= 0.6 is 0 Å². The van der Waals surface area contributed by atoms with E-state index >= 15 is 0 Å². The summed E-state index contributed by atoms with van der Waals surface area (Å²) in [7, 11) is -3.82. The van der Waals surface area contributed by atoms with E-state index in [0.29, 0.717) is 18.5 Å². The van der Waals surface area contributed by atoms with E-state index in [0.717, 1.165) is 28.2 Å². The number of primary sulfonamides is 1. The third kappa shape index (κ3) is 3.13. The molecule has 0 saturated carbocycles. The first-order chi connectivity index (χ1) is 14.8. The van der Waals surface area contributed by atoms with E-state index < -0.39 is 15.9 Å². The Labute approximate surface area is 178 Å². The van der Waals surface area contributed by atoms with Crippen LogP contribution < -0.4 is 10.9 Å². The molecule has 0 unspecified atom stereocenters. The van der Waals surface area contributed by atoms with E-state index in [9.17, 15) is 13.2 Å². The summed E-state index contributed by atoms with van der Waals surface area (Å²) in [5.41, 5.74) is 10.6. The van der Waals surface area contributed by atoms with E-state index in [1.54, 1.807) is 23.0 Å². The average molecular weight is 434 g/mol. The Hall–Kier alpha value is -3.76. The van der Waals surface area contributed by atoms with Crippen LogP contribution in [0.15, 0.2) is 65.7 Å². The second kappa shape index (κ2) is 6.89. The van der Waals surface area contributed by atoms with Crippen LogP contribution in [0.1, 0.15) is 21.7 Å². The minimum absolute atomic E-state index is 0.00927. The molecule has 1 amide bonds. The number of hydrogen-bond donors (Lipinski definition) is 2. The molecule has 1 aliphatic rings. The molecule has 156 valence electrons. The number of rotatable bonds is 4. The average Bonchev–Trinajstić information content (AvgIpc) is 3.35. The number of fused-ring (bicyclic) bond motifs is 3. The van der Waals surface area contributed by atoms with Crippen LogP contribution in [0.5, 0.6) is 0 Å². The summed E-state index contributed by atoms with van der Waals surface area (Å²) in [6.07, 6.45) is 3.00. The van der Waals surface area contributed by atoms with Gasteiger partial charge in [0.1, 0.15) is 0 Å². The zero-order valence-electron chi connectivity index (χ0n) is 16.3. The summed E-state index contributed by atoms with van der Waals surface area (Å²) in [5.74, 6) is -0.616. The molecule has 0 radical (unpaired) electrons. The van der Waals surface area contributed by atoms with Gasteiger partial charge >= 0.3 is 0 Å². The molecular formula is C21H18N6O3S. The van der Waals surface area contributed by atoms with E-state index in [-0.39, 0.29) is 10.6 Å². The van der Waals surface area contributed by atoms with E-state index in [1.807, 2.05) is 35.0 Å². The maximum Gasteiger partial charge on any atom is 0.269 e.